The first kappa shape index (κ1) is 11.4. The smallest absolute Gasteiger partial charge is 0.0721 e. The van der Waals surface area contributed by atoms with E-state index in [0.29, 0.717) is 12.6 Å². The van der Waals surface area contributed by atoms with Crippen LogP contribution in [-0.2, 0) is 11.3 Å². The molecular formula is C15H16N2O. The SMILES string of the molecule is CNC1COCc2cc(-c3cccnc3)ccc21. The summed E-state index contributed by atoms with van der Waals surface area (Å²) in [7, 11) is 1.97. The van der Waals surface area contributed by atoms with Crippen molar-refractivity contribution in [2.45, 2.75) is 12.6 Å². The second kappa shape index (κ2) is 4.88. The second-order valence-corrected chi connectivity index (χ2v) is 4.51. The molecule has 2 aromatic rings. The van der Waals surface area contributed by atoms with Crippen LogP contribution in [0.15, 0.2) is 42.7 Å². The zero-order valence-corrected chi connectivity index (χ0v) is 10.4. The highest BCUT2D eigenvalue weighted by molar-refractivity contribution is 5.64. The van der Waals surface area contributed by atoms with Gasteiger partial charge in [0.25, 0.3) is 0 Å². The van der Waals surface area contributed by atoms with Crippen molar-refractivity contribution < 1.29 is 4.74 Å². The molecule has 3 nitrogen and oxygen atoms in total. The van der Waals surface area contributed by atoms with Gasteiger partial charge in [-0.2, -0.15) is 0 Å². The number of benzene rings is 1. The molecule has 3 heteroatoms. The highest BCUT2D eigenvalue weighted by atomic mass is 16.5. The summed E-state index contributed by atoms with van der Waals surface area (Å²) in [5, 5.41) is 3.28. The molecule has 3 rings (SSSR count). The molecule has 2 heterocycles. The summed E-state index contributed by atoms with van der Waals surface area (Å²) in [6.45, 7) is 1.44. The summed E-state index contributed by atoms with van der Waals surface area (Å²) in [6.07, 6.45) is 3.68. The lowest BCUT2D eigenvalue weighted by Crippen LogP contribution is -2.26. The van der Waals surface area contributed by atoms with Crippen molar-refractivity contribution in [3.8, 4) is 11.1 Å². The summed E-state index contributed by atoms with van der Waals surface area (Å²) in [4.78, 5) is 4.16. The van der Waals surface area contributed by atoms with Crippen molar-refractivity contribution in [2.75, 3.05) is 13.7 Å². The van der Waals surface area contributed by atoms with Gasteiger partial charge in [0.1, 0.15) is 0 Å². The van der Waals surface area contributed by atoms with E-state index in [4.69, 9.17) is 4.74 Å². The predicted molar refractivity (Wildman–Crippen MR) is 71.1 cm³/mol. The van der Waals surface area contributed by atoms with Gasteiger partial charge in [0, 0.05) is 12.4 Å². The van der Waals surface area contributed by atoms with Crippen molar-refractivity contribution >= 4 is 0 Å². The van der Waals surface area contributed by atoms with Crippen LogP contribution in [0.25, 0.3) is 11.1 Å². The molecule has 1 unspecified atom stereocenters. The van der Waals surface area contributed by atoms with E-state index in [1.54, 1.807) is 6.20 Å². The van der Waals surface area contributed by atoms with Gasteiger partial charge < -0.3 is 10.1 Å². The van der Waals surface area contributed by atoms with E-state index in [0.717, 1.165) is 12.2 Å². The van der Waals surface area contributed by atoms with Crippen LogP contribution >= 0.6 is 0 Å². The van der Waals surface area contributed by atoms with E-state index >= 15 is 0 Å². The molecule has 0 radical (unpaired) electrons. The number of rotatable bonds is 2. The van der Waals surface area contributed by atoms with E-state index < -0.39 is 0 Å². The summed E-state index contributed by atoms with van der Waals surface area (Å²) >= 11 is 0. The summed E-state index contributed by atoms with van der Waals surface area (Å²) in [6, 6.07) is 10.9. The number of ether oxygens (including phenoxy) is 1. The van der Waals surface area contributed by atoms with E-state index in [1.807, 2.05) is 19.3 Å². The Bertz CT molecular complexity index is 539. The zero-order valence-electron chi connectivity index (χ0n) is 10.4. The monoisotopic (exact) mass is 240 g/mol. The maximum atomic E-state index is 5.61. The lowest BCUT2D eigenvalue weighted by Gasteiger charge is -2.25. The number of pyridine rings is 1. The molecule has 1 N–H and O–H groups in total. The predicted octanol–water partition coefficient (Wildman–Crippen LogP) is 2.54. The fourth-order valence-corrected chi connectivity index (χ4v) is 2.40. The fraction of sp³-hybridized carbons (Fsp3) is 0.267. The number of hydrogen-bond acceptors (Lipinski definition) is 3. The molecule has 0 bridgehead atoms. The van der Waals surface area contributed by atoms with Gasteiger partial charge in [-0.25, -0.2) is 0 Å². The van der Waals surface area contributed by atoms with Gasteiger partial charge in [0.15, 0.2) is 0 Å². The molecule has 0 fully saturated rings. The van der Waals surface area contributed by atoms with Crippen LogP contribution in [0, 0.1) is 0 Å². The average molecular weight is 240 g/mol. The van der Waals surface area contributed by atoms with Crippen molar-refractivity contribution in [3.63, 3.8) is 0 Å². The molecule has 1 aliphatic rings. The molecule has 0 saturated carbocycles. The molecule has 92 valence electrons. The molecule has 1 atom stereocenters. The lowest BCUT2D eigenvalue weighted by molar-refractivity contribution is 0.0844. The zero-order chi connectivity index (χ0) is 12.4. The quantitative estimate of drug-likeness (QED) is 0.876. The third-order valence-electron chi connectivity index (χ3n) is 3.40. The average Bonchev–Trinajstić information content (AvgIpc) is 2.47. The van der Waals surface area contributed by atoms with Crippen LogP contribution in [0.1, 0.15) is 17.2 Å². The summed E-state index contributed by atoms with van der Waals surface area (Å²) in [5.74, 6) is 0. The van der Waals surface area contributed by atoms with Gasteiger partial charge in [-0.1, -0.05) is 18.2 Å². The topological polar surface area (TPSA) is 34.1 Å². The first-order valence-corrected chi connectivity index (χ1v) is 6.16. The maximum absolute atomic E-state index is 5.61. The van der Waals surface area contributed by atoms with E-state index in [2.05, 4.69) is 34.6 Å². The highest BCUT2D eigenvalue weighted by Gasteiger charge is 2.19. The Morgan fingerprint density at radius 2 is 2.22 bits per heavy atom. The third kappa shape index (κ3) is 2.03. The Kier molecular flexibility index (Phi) is 3.09. The molecule has 0 saturated heterocycles. The Morgan fingerprint density at radius 1 is 1.28 bits per heavy atom. The Hall–Kier alpha value is -1.71. The van der Waals surface area contributed by atoms with Gasteiger partial charge in [0.2, 0.25) is 0 Å². The number of nitrogens with one attached hydrogen (secondary N) is 1. The minimum absolute atomic E-state index is 0.302. The number of nitrogens with zero attached hydrogens (tertiary/aromatic N) is 1. The lowest BCUT2D eigenvalue weighted by atomic mass is 9.95. The van der Waals surface area contributed by atoms with Crippen molar-refractivity contribution in [2.24, 2.45) is 0 Å². The van der Waals surface area contributed by atoms with Crippen molar-refractivity contribution in [3.05, 3.63) is 53.9 Å². The van der Waals surface area contributed by atoms with Crippen LogP contribution < -0.4 is 5.32 Å². The maximum Gasteiger partial charge on any atom is 0.0721 e. The van der Waals surface area contributed by atoms with Crippen LogP contribution in [0.5, 0.6) is 0 Å². The van der Waals surface area contributed by atoms with E-state index in [1.165, 1.54) is 16.7 Å². The van der Waals surface area contributed by atoms with Gasteiger partial charge in [-0.15, -0.1) is 0 Å². The van der Waals surface area contributed by atoms with E-state index in [-0.39, 0.29) is 0 Å². The molecular weight excluding hydrogens is 224 g/mol. The Balaban J connectivity index is 2.01. The van der Waals surface area contributed by atoms with Gasteiger partial charge >= 0.3 is 0 Å². The number of aromatic nitrogens is 1. The van der Waals surface area contributed by atoms with Crippen LogP contribution in [0.4, 0.5) is 0 Å². The van der Waals surface area contributed by atoms with Crippen molar-refractivity contribution in [1.82, 2.24) is 10.3 Å². The molecule has 1 aliphatic heterocycles. The Morgan fingerprint density at radius 3 is 3.00 bits per heavy atom. The van der Waals surface area contributed by atoms with Crippen LogP contribution in [0.2, 0.25) is 0 Å². The van der Waals surface area contributed by atoms with Gasteiger partial charge in [-0.3, -0.25) is 4.98 Å². The first-order chi connectivity index (χ1) is 8.88. The van der Waals surface area contributed by atoms with Gasteiger partial charge in [0.05, 0.1) is 19.3 Å². The molecule has 18 heavy (non-hydrogen) atoms. The second-order valence-electron chi connectivity index (χ2n) is 4.51. The van der Waals surface area contributed by atoms with Crippen molar-refractivity contribution in [1.29, 1.82) is 0 Å². The van der Waals surface area contributed by atoms with Gasteiger partial charge in [-0.05, 0) is 41.4 Å². The standard InChI is InChI=1S/C15H16N2O/c1-16-15-10-18-9-13-7-11(4-5-14(13)15)12-3-2-6-17-8-12/h2-8,15-16H,9-10H2,1H3. The number of fused-ring (bicyclic) bond motifs is 1. The number of likely N-dealkylation sites (N-methyl/N-ethyl adjacent to an activating group) is 1. The fourth-order valence-electron chi connectivity index (χ4n) is 2.40. The summed E-state index contributed by atoms with van der Waals surface area (Å²) < 4.78 is 5.61. The molecule has 1 aromatic heterocycles. The molecule has 0 amide bonds. The molecule has 1 aromatic carbocycles. The Labute approximate surface area is 107 Å². The minimum atomic E-state index is 0.302. The highest BCUT2D eigenvalue weighted by Crippen LogP contribution is 2.29. The van der Waals surface area contributed by atoms with E-state index in [9.17, 15) is 0 Å². The third-order valence-corrected chi connectivity index (χ3v) is 3.40. The summed E-state index contributed by atoms with van der Waals surface area (Å²) in [5.41, 5.74) is 4.95. The molecule has 0 aliphatic carbocycles. The number of hydrogen-bond donors (Lipinski definition) is 1. The largest absolute Gasteiger partial charge is 0.375 e. The normalized spacial score (nSPS) is 18.4. The minimum Gasteiger partial charge on any atom is -0.375 e. The first-order valence-electron chi connectivity index (χ1n) is 6.16. The molecule has 0 spiro atoms. The van der Waals surface area contributed by atoms with Crippen LogP contribution in [0.3, 0.4) is 0 Å². The van der Waals surface area contributed by atoms with Crippen LogP contribution in [-0.4, -0.2) is 18.6 Å².